The molecule has 3 aromatic rings. The quantitative estimate of drug-likeness (QED) is 0.187. The van der Waals surface area contributed by atoms with Crippen molar-refractivity contribution in [2.75, 3.05) is 6.61 Å². The van der Waals surface area contributed by atoms with Gasteiger partial charge in [-0.05, 0) is 43.7 Å². The van der Waals surface area contributed by atoms with Gasteiger partial charge in [0.05, 0.1) is 33.4 Å². The number of nitro benzene ring substituents is 1. The molecule has 0 amide bonds. The molecule has 0 bridgehead atoms. The first kappa shape index (κ1) is 26.2. The summed E-state index contributed by atoms with van der Waals surface area (Å²) in [6, 6.07) is 9.77. The van der Waals surface area contributed by atoms with Crippen LogP contribution in [0.4, 0.5) is 5.69 Å². The number of nitrogens with zero attached hydrogens (tertiary/aromatic N) is 3. The molecular formula is C25H20BrN3O7S. The second-order valence-corrected chi connectivity index (χ2v) is 9.85. The van der Waals surface area contributed by atoms with Crippen molar-refractivity contribution in [2.24, 2.45) is 4.99 Å². The van der Waals surface area contributed by atoms with E-state index in [9.17, 15) is 24.5 Å². The van der Waals surface area contributed by atoms with Crippen LogP contribution in [-0.4, -0.2) is 28.0 Å². The molecule has 0 spiro atoms. The number of thiazole rings is 1. The van der Waals surface area contributed by atoms with Crippen LogP contribution in [-0.2, 0) is 14.3 Å². The highest BCUT2D eigenvalue weighted by Gasteiger charge is 2.34. The second-order valence-electron chi connectivity index (χ2n) is 7.93. The van der Waals surface area contributed by atoms with E-state index in [2.05, 4.69) is 20.9 Å². The number of hydrogen-bond donors (Lipinski definition) is 0. The summed E-state index contributed by atoms with van der Waals surface area (Å²) in [6.45, 7) is 4.66. The lowest BCUT2D eigenvalue weighted by atomic mass is 9.95. The van der Waals surface area contributed by atoms with Gasteiger partial charge in [-0.15, -0.1) is 0 Å². The van der Waals surface area contributed by atoms with Crippen LogP contribution in [0.3, 0.4) is 0 Å². The summed E-state index contributed by atoms with van der Waals surface area (Å²) in [7, 11) is 0. The molecule has 1 aromatic heterocycles. The van der Waals surface area contributed by atoms with Gasteiger partial charge in [-0.25, -0.2) is 9.79 Å². The van der Waals surface area contributed by atoms with Crippen LogP contribution in [0.5, 0.6) is 5.75 Å². The van der Waals surface area contributed by atoms with E-state index in [-0.39, 0.29) is 28.1 Å². The third-order valence-electron chi connectivity index (χ3n) is 5.43. The fourth-order valence-electron chi connectivity index (χ4n) is 3.94. The monoisotopic (exact) mass is 585 g/mol. The minimum Gasteiger partial charge on any atom is -0.463 e. The molecule has 0 fully saturated rings. The summed E-state index contributed by atoms with van der Waals surface area (Å²) in [4.78, 5) is 54.0. The number of nitro groups is 1. The third-order valence-corrected chi connectivity index (χ3v) is 6.90. The topological polar surface area (TPSA) is 130 Å². The van der Waals surface area contributed by atoms with Gasteiger partial charge in [0.15, 0.2) is 4.80 Å². The summed E-state index contributed by atoms with van der Waals surface area (Å²) in [5, 5.41) is 11.4. The Hall–Kier alpha value is -3.90. The summed E-state index contributed by atoms with van der Waals surface area (Å²) < 4.78 is 12.8. The van der Waals surface area contributed by atoms with Crippen molar-refractivity contribution in [2.45, 2.75) is 26.8 Å². The molecule has 0 saturated heterocycles. The molecule has 0 radical (unpaired) electrons. The summed E-state index contributed by atoms with van der Waals surface area (Å²) in [5.74, 6) is -0.919. The zero-order valence-corrected chi connectivity index (χ0v) is 22.3. The van der Waals surface area contributed by atoms with Crippen LogP contribution in [0.15, 0.2) is 68.0 Å². The first-order chi connectivity index (χ1) is 17.6. The lowest BCUT2D eigenvalue weighted by molar-refractivity contribution is -0.384. The fraction of sp³-hybridized carbons (Fsp3) is 0.200. The number of carbonyl (C=O) groups is 2. The van der Waals surface area contributed by atoms with E-state index < -0.39 is 28.5 Å². The van der Waals surface area contributed by atoms with Crippen LogP contribution in [0.1, 0.15) is 37.9 Å². The third kappa shape index (κ3) is 5.30. The number of aromatic nitrogens is 1. The van der Waals surface area contributed by atoms with Crippen molar-refractivity contribution in [3.05, 3.63) is 99.1 Å². The lowest BCUT2D eigenvalue weighted by Crippen LogP contribution is -2.40. The van der Waals surface area contributed by atoms with Crippen LogP contribution < -0.4 is 19.6 Å². The molecule has 2 aromatic carbocycles. The highest BCUT2D eigenvalue weighted by atomic mass is 79.9. The number of hydrogen-bond acceptors (Lipinski definition) is 9. The zero-order chi connectivity index (χ0) is 26.9. The molecule has 1 atom stereocenters. The number of esters is 2. The fourth-order valence-corrected chi connectivity index (χ4v) is 5.35. The number of ether oxygens (including phenoxy) is 2. The van der Waals surface area contributed by atoms with Crippen molar-refractivity contribution in [3.8, 4) is 5.75 Å². The van der Waals surface area contributed by atoms with Crippen molar-refractivity contribution in [3.63, 3.8) is 0 Å². The lowest BCUT2D eigenvalue weighted by Gasteiger charge is -2.24. The van der Waals surface area contributed by atoms with Crippen LogP contribution >= 0.6 is 27.3 Å². The standard InChI is InChI=1S/C25H20BrN3O7S/c1-4-35-24(32)21-13(2)27-25-28(22(21)15-6-5-7-18(11-15)29(33)34)23(31)20(37-25)12-16-10-17(26)8-9-19(16)36-14(3)30/h5-12,22H,4H2,1-3H3/t22-/m1/s1. The van der Waals surface area contributed by atoms with Crippen LogP contribution in [0, 0.1) is 10.1 Å². The predicted molar refractivity (Wildman–Crippen MR) is 139 cm³/mol. The van der Waals surface area contributed by atoms with E-state index in [1.165, 1.54) is 29.7 Å². The number of benzene rings is 2. The maximum absolute atomic E-state index is 13.7. The predicted octanol–water partition coefficient (Wildman–Crippen LogP) is 3.39. The molecule has 1 aliphatic rings. The Morgan fingerprint density at radius 1 is 1.27 bits per heavy atom. The number of carbonyl (C=O) groups excluding carboxylic acids is 2. The van der Waals surface area contributed by atoms with Crippen LogP contribution in [0.2, 0.25) is 0 Å². The van der Waals surface area contributed by atoms with E-state index in [0.29, 0.717) is 26.1 Å². The van der Waals surface area contributed by atoms with Crippen molar-refractivity contribution in [1.29, 1.82) is 0 Å². The molecule has 37 heavy (non-hydrogen) atoms. The van der Waals surface area contributed by atoms with E-state index in [1.807, 2.05) is 0 Å². The molecule has 0 saturated carbocycles. The SMILES string of the molecule is CCOC(=O)C1=C(C)N=c2sc(=Cc3cc(Br)ccc3OC(C)=O)c(=O)n2[C@@H]1c1cccc([N+](=O)[O-])c1. The minimum absolute atomic E-state index is 0.101. The molecule has 0 aliphatic carbocycles. The Bertz CT molecular complexity index is 1660. The van der Waals surface area contributed by atoms with Gasteiger partial charge in [-0.2, -0.15) is 0 Å². The summed E-state index contributed by atoms with van der Waals surface area (Å²) in [5.41, 5.74) is 0.640. The van der Waals surface area contributed by atoms with Gasteiger partial charge in [0.2, 0.25) is 0 Å². The first-order valence-electron chi connectivity index (χ1n) is 11.0. The molecule has 190 valence electrons. The molecule has 4 rings (SSSR count). The van der Waals surface area contributed by atoms with Crippen molar-refractivity contribution < 1.29 is 24.0 Å². The van der Waals surface area contributed by atoms with Gasteiger partial charge >= 0.3 is 11.9 Å². The van der Waals surface area contributed by atoms with Gasteiger partial charge in [0.25, 0.3) is 11.2 Å². The number of allylic oxidation sites excluding steroid dienone is 1. The molecule has 12 heteroatoms. The number of fused-ring (bicyclic) bond motifs is 1. The highest BCUT2D eigenvalue weighted by molar-refractivity contribution is 9.10. The average Bonchev–Trinajstić information content (AvgIpc) is 3.14. The molecule has 0 unspecified atom stereocenters. The number of halogens is 1. The normalized spacial score (nSPS) is 15.1. The highest BCUT2D eigenvalue weighted by Crippen LogP contribution is 2.32. The van der Waals surface area contributed by atoms with E-state index >= 15 is 0 Å². The molecule has 10 nitrogen and oxygen atoms in total. The Morgan fingerprint density at radius 2 is 2.03 bits per heavy atom. The smallest absolute Gasteiger partial charge is 0.338 e. The van der Waals surface area contributed by atoms with Crippen molar-refractivity contribution in [1.82, 2.24) is 4.57 Å². The molecule has 2 heterocycles. The van der Waals surface area contributed by atoms with Gasteiger partial charge < -0.3 is 9.47 Å². The first-order valence-corrected chi connectivity index (χ1v) is 12.6. The summed E-state index contributed by atoms with van der Waals surface area (Å²) >= 11 is 4.47. The largest absolute Gasteiger partial charge is 0.463 e. The maximum atomic E-state index is 13.7. The number of non-ortho nitro benzene ring substituents is 1. The van der Waals surface area contributed by atoms with E-state index in [4.69, 9.17) is 9.47 Å². The van der Waals surface area contributed by atoms with Gasteiger partial charge in [0, 0.05) is 29.1 Å². The van der Waals surface area contributed by atoms with Gasteiger partial charge in [-0.1, -0.05) is 39.4 Å². The Kier molecular flexibility index (Phi) is 7.50. The van der Waals surface area contributed by atoms with Crippen LogP contribution in [0.25, 0.3) is 6.08 Å². The van der Waals surface area contributed by atoms with Crippen molar-refractivity contribution >= 4 is 51.0 Å². The van der Waals surface area contributed by atoms with Gasteiger partial charge in [0.1, 0.15) is 5.75 Å². The second kappa shape index (κ2) is 10.6. The number of rotatable bonds is 6. The molecular weight excluding hydrogens is 566 g/mol. The average molecular weight is 586 g/mol. The van der Waals surface area contributed by atoms with E-state index in [0.717, 1.165) is 11.3 Å². The summed E-state index contributed by atoms with van der Waals surface area (Å²) in [6.07, 6.45) is 1.57. The Morgan fingerprint density at radius 3 is 2.70 bits per heavy atom. The molecule has 0 N–H and O–H groups in total. The van der Waals surface area contributed by atoms with Gasteiger partial charge in [-0.3, -0.25) is 24.3 Å². The Labute approximate surface area is 222 Å². The minimum atomic E-state index is -0.993. The van der Waals surface area contributed by atoms with E-state index in [1.54, 1.807) is 44.2 Å². The maximum Gasteiger partial charge on any atom is 0.338 e. The Balaban J connectivity index is 1.98. The zero-order valence-electron chi connectivity index (χ0n) is 19.9. The molecule has 1 aliphatic heterocycles.